The molecule has 0 unspecified atom stereocenters. The van der Waals surface area contributed by atoms with E-state index in [-0.39, 0.29) is 0 Å². The fourth-order valence-corrected chi connectivity index (χ4v) is 4.27. The zero-order valence-electron chi connectivity index (χ0n) is 13.5. The minimum Gasteiger partial charge on any atom is -0.296 e. The first kappa shape index (κ1) is 16.0. The van der Waals surface area contributed by atoms with Gasteiger partial charge in [0.1, 0.15) is 0 Å². The summed E-state index contributed by atoms with van der Waals surface area (Å²) in [5.41, 5.74) is 1.19. The number of rotatable bonds is 4. The number of piperidine rings is 1. The fourth-order valence-electron chi connectivity index (χ4n) is 3.64. The van der Waals surface area contributed by atoms with E-state index in [9.17, 15) is 8.42 Å². The molecule has 0 aliphatic carbocycles. The lowest BCUT2D eigenvalue weighted by molar-refractivity contribution is -0.00620. The third-order valence-electron chi connectivity index (χ3n) is 5.02. The maximum atomic E-state index is 11.5. The van der Waals surface area contributed by atoms with Gasteiger partial charge in [0.05, 0.1) is 4.90 Å². The second kappa shape index (κ2) is 6.30. The van der Waals surface area contributed by atoms with E-state index in [1.165, 1.54) is 37.6 Å². The van der Waals surface area contributed by atoms with Crippen LogP contribution in [0.1, 0.15) is 31.7 Å². The van der Waals surface area contributed by atoms with Crippen molar-refractivity contribution in [1.29, 1.82) is 0 Å². The van der Waals surface area contributed by atoms with Gasteiger partial charge in [-0.25, -0.2) is 8.42 Å². The molecule has 2 aliphatic rings. The van der Waals surface area contributed by atoms with Gasteiger partial charge in [-0.2, -0.15) is 0 Å². The molecule has 0 saturated carbocycles. The Morgan fingerprint density at radius 2 is 1.82 bits per heavy atom. The van der Waals surface area contributed by atoms with Crippen molar-refractivity contribution in [3.8, 4) is 0 Å². The van der Waals surface area contributed by atoms with Crippen molar-refractivity contribution in [2.75, 3.05) is 25.9 Å². The number of nitrogens with zero attached hydrogens (tertiary/aromatic N) is 2. The van der Waals surface area contributed by atoms with Crippen LogP contribution in [0.5, 0.6) is 0 Å². The summed E-state index contributed by atoms with van der Waals surface area (Å²) in [5.74, 6) is 0. The molecule has 5 heteroatoms. The molecule has 1 aromatic carbocycles. The molecule has 1 atom stereocenters. The Kier molecular flexibility index (Phi) is 4.57. The maximum absolute atomic E-state index is 11.5. The lowest BCUT2D eigenvalue weighted by Crippen LogP contribution is -2.61. The third kappa shape index (κ3) is 3.53. The highest BCUT2D eigenvalue weighted by Crippen LogP contribution is 2.25. The predicted molar refractivity (Wildman–Crippen MR) is 88.6 cm³/mol. The molecule has 22 heavy (non-hydrogen) atoms. The molecule has 0 bridgehead atoms. The fraction of sp³-hybridized carbons (Fsp3) is 0.647. The summed E-state index contributed by atoms with van der Waals surface area (Å²) in [6.45, 7) is 6.80. The van der Waals surface area contributed by atoms with Crippen molar-refractivity contribution < 1.29 is 8.42 Å². The molecule has 1 aromatic rings. The molecular weight excluding hydrogens is 296 g/mol. The average Bonchev–Trinajstić information content (AvgIpc) is 2.43. The molecule has 0 aromatic heterocycles. The molecule has 3 rings (SSSR count). The van der Waals surface area contributed by atoms with Crippen LogP contribution in [-0.2, 0) is 16.4 Å². The molecule has 4 nitrogen and oxygen atoms in total. The van der Waals surface area contributed by atoms with E-state index in [2.05, 4.69) is 16.7 Å². The van der Waals surface area contributed by atoms with Crippen molar-refractivity contribution in [2.45, 2.75) is 49.7 Å². The number of hydrogen-bond donors (Lipinski definition) is 0. The largest absolute Gasteiger partial charge is 0.296 e. The Hall–Kier alpha value is -0.910. The van der Waals surface area contributed by atoms with Crippen molar-refractivity contribution >= 4 is 9.84 Å². The number of benzene rings is 1. The second-order valence-electron chi connectivity index (χ2n) is 6.85. The summed E-state index contributed by atoms with van der Waals surface area (Å²) >= 11 is 0. The summed E-state index contributed by atoms with van der Waals surface area (Å²) in [6, 6.07) is 8.75. The first-order valence-corrected chi connectivity index (χ1v) is 10.1. The van der Waals surface area contributed by atoms with Gasteiger partial charge in [0.2, 0.25) is 0 Å². The van der Waals surface area contributed by atoms with Crippen LogP contribution >= 0.6 is 0 Å². The molecule has 0 N–H and O–H groups in total. The van der Waals surface area contributed by atoms with E-state index in [1.807, 2.05) is 12.1 Å². The van der Waals surface area contributed by atoms with Crippen LogP contribution in [0.3, 0.4) is 0 Å². The standard InChI is InChI=1S/C17H26N2O2S/c1-14-5-3-4-10-19(14)16-12-18(13-16)11-15-6-8-17(9-7-15)22(2,20)21/h6-9,14,16H,3-5,10-13H2,1-2H3/t14-/m0/s1. The minimum absolute atomic E-state index is 0.403. The van der Waals surface area contributed by atoms with E-state index in [1.54, 1.807) is 12.1 Å². The molecular formula is C17H26N2O2S. The quantitative estimate of drug-likeness (QED) is 0.852. The molecule has 0 amide bonds. The summed E-state index contributed by atoms with van der Waals surface area (Å²) in [6.07, 6.45) is 5.31. The molecule has 2 heterocycles. The Morgan fingerprint density at radius 1 is 1.14 bits per heavy atom. The van der Waals surface area contributed by atoms with Gasteiger partial charge < -0.3 is 0 Å². The van der Waals surface area contributed by atoms with Gasteiger partial charge >= 0.3 is 0 Å². The highest BCUT2D eigenvalue weighted by Gasteiger charge is 2.34. The number of hydrogen-bond acceptors (Lipinski definition) is 4. The van der Waals surface area contributed by atoms with Crippen LogP contribution < -0.4 is 0 Å². The highest BCUT2D eigenvalue weighted by molar-refractivity contribution is 7.90. The zero-order valence-corrected chi connectivity index (χ0v) is 14.3. The van der Waals surface area contributed by atoms with Gasteiger partial charge in [-0.15, -0.1) is 0 Å². The summed E-state index contributed by atoms with van der Waals surface area (Å²) in [4.78, 5) is 5.52. The van der Waals surface area contributed by atoms with Gasteiger partial charge in [-0.1, -0.05) is 18.6 Å². The van der Waals surface area contributed by atoms with Crippen LogP contribution in [0.15, 0.2) is 29.2 Å². The zero-order chi connectivity index (χ0) is 15.7. The van der Waals surface area contributed by atoms with Gasteiger partial charge in [0.25, 0.3) is 0 Å². The van der Waals surface area contributed by atoms with Crippen LogP contribution in [0.25, 0.3) is 0 Å². The van der Waals surface area contributed by atoms with Gasteiger partial charge in [-0.05, 0) is 44.0 Å². The van der Waals surface area contributed by atoms with Crippen LogP contribution in [0.4, 0.5) is 0 Å². The predicted octanol–water partition coefficient (Wildman–Crippen LogP) is 2.15. The van der Waals surface area contributed by atoms with E-state index in [4.69, 9.17) is 0 Å². The second-order valence-corrected chi connectivity index (χ2v) is 8.86. The van der Waals surface area contributed by atoms with Crippen molar-refractivity contribution in [2.24, 2.45) is 0 Å². The Morgan fingerprint density at radius 3 is 2.41 bits per heavy atom. The van der Waals surface area contributed by atoms with E-state index in [0.29, 0.717) is 10.9 Å². The Balaban J connectivity index is 1.52. The molecule has 2 fully saturated rings. The minimum atomic E-state index is -3.09. The Labute approximate surface area is 134 Å². The van der Waals surface area contributed by atoms with Crippen molar-refractivity contribution in [3.63, 3.8) is 0 Å². The Bertz CT molecular complexity index is 606. The normalized spacial score (nSPS) is 25.1. The number of likely N-dealkylation sites (tertiary alicyclic amines) is 2. The smallest absolute Gasteiger partial charge is 0.175 e. The molecule has 0 radical (unpaired) electrons. The van der Waals surface area contributed by atoms with Gasteiger partial charge in [-0.3, -0.25) is 9.80 Å². The first-order valence-electron chi connectivity index (χ1n) is 8.20. The van der Waals surface area contributed by atoms with Crippen LogP contribution in [0, 0.1) is 0 Å². The van der Waals surface area contributed by atoms with Gasteiger partial charge in [0, 0.05) is 38.0 Å². The van der Waals surface area contributed by atoms with Gasteiger partial charge in [0.15, 0.2) is 9.84 Å². The topological polar surface area (TPSA) is 40.6 Å². The lowest BCUT2D eigenvalue weighted by atomic mass is 9.97. The molecule has 0 spiro atoms. The first-order chi connectivity index (χ1) is 10.4. The van der Waals surface area contributed by atoms with Crippen LogP contribution in [0.2, 0.25) is 0 Å². The summed E-state index contributed by atoms with van der Waals surface area (Å²) in [5, 5.41) is 0. The maximum Gasteiger partial charge on any atom is 0.175 e. The van der Waals surface area contributed by atoms with E-state index < -0.39 is 9.84 Å². The van der Waals surface area contributed by atoms with Crippen molar-refractivity contribution in [1.82, 2.24) is 9.80 Å². The number of sulfone groups is 1. The highest BCUT2D eigenvalue weighted by atomic mass is 32.2. The SMILES string of the molecule is C[C@H]1CCCCN1C1CN(Cc2ccc(S(C)(=O)=O)cc2)C1. The van der Waals surface area contributed by atoms with Crippen molar-refractivity contribution in [3.05, 3.63) is 29.8 Å². The van der Waals surface area contributed by atoms with E-state index in [0.717, 1.165) is 25.7 Å². The third-order valence-corrected chi connectivity index (χ3v) is 6.15. The molecule has 2 aliphatic heterocycles. The summed E-state index contributed by atoms with van der Waals surface area (Å²) in [7, 11) is -3.09. The summed E-state index contributed by atoms with van der Waals surface area (Å²) < 4.78 is 22.9. The molecule has 2 saturated heterocycles. The average molecular weight is 322 g/mol. The lowest BCUT2D eigenvalue weighted by Gasteiger charge is -2.49. The van der Waals surface area contributed by atoms with Crippen LogP contribution in [-0.4, -0.2) is 56.2 Å². The van der Waals surface area contributed by atoms with E-state index >= 15 is 0 Å². The monoisotopic (exact) mass is 322 g/mol. The molecule has 122 valence electrons.